The Kier molecular flexibility index (Phi) is 4.79. The lowest BCUT2D eigenvalue weighted by Gasteiger charge is -2.14. The monoisotopic (exact) mass is 499 g/mol. The molecule has 4 aromatic carbocycles. The van der Waals surface area contributed by atoms with Crippen molar-refractivity contribution in [3.8, 4) is 33.8 Å². The van der Waals surface area contributed by atoms with Crippen LogP contribution in [0.25, 0.3) is 77.4 Å². The van der Waals surface area contributed by atoms with Crippen molar-refractivity contribution in [2.75, 3.05) is 0 Å². The summed E-state index contributed by atoms with van der Waals surface area (Å²) in [4.78, 5) is 14.3. The van der Waals surface area contributed by atoms with Crippen LogP contribution in [0.2, 0.25) is 0 Å². The smallest absolute Gasteiger partial charge is 0.143 e. The summed E-state index contributed by atoms with van der Waals surface area (Å²) in [5.41, 5.74) is 8.39. The molecule has 0 radical (unpaired) electrons. The predicted molar refractivity (Wildman–Crippen MR) is 158 cm³/mol. The summed E-state index contributed by atoms with van der Waals surface area (Å²) in [6.45, 7) is 0. The zero-order valence-electron chi connectivity index (χ0n) is 20.9. The lowest BCUT2D eigenvalue weighted by molar-refractivity contribution is 0.670. The van der Waals surface area contributed by atoms with E-state index in [1.807, 2.05) is 54.7 Å². The van der Waals surface area contributed by atoms with Gasteiger partial charge in [0, 0.05) is 50.5 Å². The Morgan fingerprint density at radius 2 is 1.28 bits per heavy atom. The first-order valence-electron chi connectivity index (χ1n) is 12.9. The molecule has 4 heteroatoms. The summed E-state index contributed by atoms with van der Waals surface area (Å²) in [5, 5.41) is 5.55. The summed E-state index contributed by atoms with van der Waals surface area (Å²) in [7, 11) is 0. The van der Waals surface area contributed by atoms with Gasteiger partial charge in [-0.2, -0.15) is 0 Å². The number of para-hydroxylation sites is 2. The molecule has 0 N–H and O–H groups in total. The van der Waals surface area contributed by atoms with E-state index in [1.165, 1.54) is 0 Å². The molecule has 0 amide bonds. The zero-order chi connectivity index (χ0) is 25.8. The molecule has 0 aliphatic heterocycles. The first-order chi connectivity index (χ1) is 19.3. The molecule has 0 atom stereocenters. The van der Waals surface area contributed by atoms with Gasteiger partial charge < -0.3 is 4.42 Å². The van der Waals surface area contributed by atoms with Gasteiger partial charge in [0.2, 0.25) is 0 Å². The van der Waals surface area contributed by atoms with Crippen LogP contribution in [0.1, 0.15) is 0 Å². The number of hydrogen-bond acceptors (Lipinski definition) is 4. The fourth-order valence-corrected chi connectivity index (χ4v) is 5.61. The van der Waals surface area contributed by atoms with Crippen molar-refractivity contribution in [1.29, 1.82) is 0 Å². The molecule has 4 aromatic heterocycles. The van der Waals surface area contributed by atoms with E-state index in [0.29, 0.717) is 0 Å². The van der Waals surface area contributed by atoms with Gasteiger partial charge >= 0.3 is 0 Å². The zero-order valence-corrected chi connectivity index (χ0v) is 20.9. The van der Waals surface area contributed by atoms with Crippen LogP contribution >= 0.6 is 0 Å². The van der Waals surface area contributed by atoms with E-state index < -0.39 is 0 Å². The quantitative estimate of drug-likeness (QED) is 0.228. The van der Waals surface area contributed by atoms with Crippen molar-refractivity contribution >= 4 is 43.6 Å². The number of fused-ring (bicyclic) bond motifs is 7. The Balaban J connectivity index is 1.56. The average molecular weight is 500 g/mol. The van der Waals surface area contributed by atoms with Crippen LogP contribution in [0, 0.1) is 0 Å². The third-order valence-electron chi connectivity index (χ3n) is 7.35. The minimum absolute atomic E-state index is 0.817. The van der Waals surface area contributed by atoms with Gasteiger partial charge in [-0.25, -0.2) is 4.98 Å². The van der Waals surface area contributed by atoms with Crippen molar-refractivity contribution in [1.82, 2.24) is 15.0 Å². The van der Waals surface area contributed by atoms with E-state index in [-0.39, 0.29) is 0 Å². The number of benzene rings is 4. The summed E-state index contributed by atoms with van der Waals surface area (Å²) in [6.07, 6.45) is 3.63. The average Bonchev–Trinajstić information content (AvgIpc) is 3.41. The molecule has 8 aromatic rings. The van der Waals surface area contributed by atoms with Gasteiger partial charge in [-0.05, 0) is 48.0 Å². The standard InChI is InChI=1S/C35H21N3O/c1-2-10-22(11-3-1)34-27-21-26(23-17-19-37-30(20-23)29-15-8-9-18-36-29)35-33(25-13-5-7-16-31(25)39-35)32(27)24-12-4-6-14-28(24)38-34/h1-21H. The molecular weight excluding hydrogens is 478 g/mol. The first kappa shape index (κ1) is 21.7. The molecule has 0 unspecified atom stereocenters. The molecule has 0 aliphatic rings. The molecule has 0 saturated carbocycles. The fourth-order valence-electron chi connectivity index (χ4n) is 5.61. The molecule has 4 heterocycles. The lowest BCUT2D eigenvalue weighted by Crippen LogP contribution is -1.92. The van der Waals surface area contributed by atoms with Crippen LogP contribution in [0.15, 0.2) is 132 Å². The van der Waals surface area contributed by atoms with Crippen molar-refractivity contribution in [2.24, 2.45) is 0 Å². The largest absolute Gasteiger partial charge is 0.455 e. The number of rotatable bonds is 3. The Bertz CT molecular complexity index is 2170. The number of aromatic nitrogens is 3. The van der Waals surface area contributed by atoms with Gasteiger partial charge in [0.25, 0.3) is 0 Å². The Hall–Kier alpha value is -5.35. The van der Waals surface area contributed by atoms with Crippen LogP contribution in [-0.4, -0.2) is 15.0 Å². The first-order valence-corrected chi connectivity index (χ1v) is 12.9. The van der Waals surface area contributed by atoms with Crippen LogP contribution in [0.4, 0.5) is 0 Å². The van der Waals surface area contributed by atoms with Gasteiger partial charge in [-0.1, -0.05) is 72.8 Å². The van der Waals surface area contributed by atoms with Gasteiger partial charge in [-0.15, -0.1) is 0 Å². The SMILES string of the molecule is c1ccc(-c2nc3ccccc3c3c2cc(-c2ccnc(-c4ccccn4)c2)c2oc4ccccc4c23)cc1. The highest BCUT2D eigenvalue weighted by atomic mass is 16.3. The maximum Gasteiger partial charge on any atom is 0.143 e. The number of nitrogens with zero attached hydrogens (tertiary/aromatic N) is 3. The van der Waals surface area contributed by atoms with E-state index in [4.69, 9.17) is 9.40 Å². The maximum absolute atomic E-state index is 6.63. The Labute approximate surface area is 224 Å². The molecule has 0 spiro atoms. The van der Waals surface area contributed by atoms with E-state index in [0.717, 1.165) is 77.4 Å². The Morgan fingerprint density at radius 1 is 0.513 bits per heavy atom. The van der Waals surface area contributed by atoms with Crippen molar-refractivity contribution in [3.63, 3.8) is 0 Å². The van der Waals surface area contributed by atoms with E-state index >= 15 is 0 Å². The van der Waals surface area contributed by atoms with Crippen LogP contribution in [0.5, 0.6) is 0 Å². The van der Waals surface area contributed by atoms with E-state index in [9.17, 15) is 0 Å². The van der Waals surface area contributed by atoms with Gasteiger partial charge in [0.1, 0.15) is 11.2 Å². The van der Waals surface area contributed by atoms with Crippen LogP contribution in [0.3, 0.4) is 0 Å². The summed E-state index contributed by atoms with van der Waals surface area (Å²) in [6, 6.07) is 39.3. The number of furan rings is 1. The van der Waals surface area contributed by atoms with Crippen molar-refractivity contribution < 1.29 is 4.42 Å². The third kappa shape index (κ3) is 3.42. The molecule has 39 heavy (non-hydrogen) atoms. The molecule has 8 rings (SSSR count). The summed E-state index contributed by atoms with van der Waals surface area (Å²) < 4.78 is 6.63. The summed E-state index contributed by atoms with van der Waals surface area (Å²) >= 11 is 0. The second kappa shape index (κ2) is 8.61. The van der Waals surface area contributed by atoms with E-state index in [1.54, 1.807) is 6.20 Å². The Morgan fingerprint density at radius 3 is 2.15 bits per heavy atom. The second-order valence-electron chi connectivity index (χ2n) is 9.64. The highest BCUT2D eigenvalue weighted by molar-refractivity contribution is 6.30. The predicted octanol–water partition coefficient (Wildman–Crippen LogP) is 9.08. The molecule has 0 bridgehead atoms. The second-order valence-corrected chi connectivity index (χ2v) is 9.64. The molecule has 0 fully saturated rings. The van der Waals surface area contributed by atoms with Gasteiger partial charge in [0.15, 0.2) is 0 Å². The summed E-state index contributed by atoms with van der Waals surface area (Å²) in [5.74, 6) is 0. The van der Waals surface area contributed by atoms with Gasteiger partial charge in [0.05, 0.1) is 22.6 Å². The molecule has 0 saturated heterocycles. The number of hydrogen-bond donors (Lipinski definition) is 0. The highest BCUT2D eigenvalue weighted by Gasteiger charge is 2.21. The minimum atomic E-state index is 0.817. The molecular formula is C35H21N3O. The van der Waals surface area contributed by atoms with Crippen molar-refractivity contribution in [3.05, 3.63) is 128 Å². The number of pyridine rings is 3. The molecule has 0 aliphatic carbocycles. The van der Waals surface area contributed by atoms with Gasteiger partial charge in [-0.3, -0.25) is 9.97 Å². The highest BCUT2D eigenvalue weighted by Crippen LogP contribution is 2.45. The normalized spacial score (nSPS) is 11.6. The minimum Gasteiger partial charge on any atom is -0.455 e. The van der Waals surface area contributed by atoms with Crippen LogP contribution < -0.4 is 0 Å². The third-order valence-corrected chi connectivity index (χ3v) is 7.35. The fraction of sp³-hybridized carbons (Fsp3) is 0. The topological polar surface area (TPSA) is 51.8 Å². The van der Waals surface area contributed by atoms with Crippen molar-refractivity contribution in [2.45, 2.75) is 0 Å². The van der Waals surface area contributed by atoms with E-state index in [2.05, 4.69) is 76.7 Å². The molecule has 4 nitrogen and oxygen atoms in total. The lowest BCUT2D eigenvalue weighted by atomic mass is 9.92. The molecule has 182 valence electrons. The maximum atomic E-state index is 6.63. The van der Waals surface area contributed by atoms with Crippen LogP contribution in [-0.2, 0) is 0 Å².